The van der Waals surface area contributed by atoms with E-state index in [0.29, 0.717) is 42.5 Å². The number of halogens is 1. The summed E-state index contributed by atoms with van der Waals surface area (Å²) in [6.45, 7) is 5.49. The predicted octanol–water partition coefficient (Wildman–Crippen LogP) is 5.55. The van der Waals surface area contributed by atoms with Crippen LogP contribution in [-0.2, 0) is 24.9 Å². The Kier molecular flexibility index (Phi) is 8.74. The minimum absolute atomic E-state index is 0.245. The van der Waals surface area contributed by atoms with E-state index in [9.17, 15) is 9.59 Å². The van der Waals surface area contributed by atoms with E-state index in [-0.39, 0.29) is 23.0 Å². The molecule has 2 aromatic heterocycles. The molecule has 2 aromatic carbocycles. The Hall–Kier alpha value is -4.74. The van der Waals surface area contributed by atoms with E-state index in [1.807, 2.05) is 45.0 Å². The van der Waals surface area contributed by atoms with Crippen molar-refractivity contribution in [2.24, 2.45) is 7.05 Å². The number of anilines is 5. The fraction of sp³-hybridized carbons (Fsp3) is 0.258. The van der Waals surface area contributed by atoms with Crippen LogP contribution in [0.5, 0.6) is 0 Å². The molecule has 0 bridgehead atoms. The highest BCUT2D eigenvalue weighted by Crippen LogP contribution is 2.36. The van der Waals surface area contributed by atoms with Gasteiger partial charge in [0.25, 0.3) is 0 Å². The van der Waals surface area contributed by atoms with E-state index in [1.54, 1.807) is 58.2 Å². The maximum atomic E-state index is 14.2. The molecule has 5 rings (SSSR count). The van der Waals surface area contributed by atoms with Gasteiger partial charge in [-0.3, -0.25) is 9.48 Å². The molecule has 11 nitrogen and oxygen atoms in total. The molecule has 0 unspecified atom stereocenters. The number of hydrogen-bond donors (Lipinski definition) is 2. The van der Waals surface area contributed by atoms with Gasteiger partial charge < -0.3 is 20.4 Å². The van der Waals surface area contributed by atoms with Crippen LogP contribution in [0.15, 0.2) is 67.0 Å². The van der Waals surface area contributed by atoms with Crippen LogP contribution in [-0.4, -0.2) is 62.1 Å². The number of aromatic nitrogens is 4. The zero-order valence-electron chi connectivity index (χ0n) is 24.8. The second-order valence-electron chi connectivity index (χ2n) is 10.8. The van der Waals surface area contributed by atoms with Gasteiger partial charge in [-0.1, -0.05) is 47.5 Å². The number of fused-ring (bicyclic) bond motifs is 1. The van der Waals surface area contributed by atoms with Crippen molar-refractivity contribution in [2.75, 3.05) is 36.2 Å². The van der Waals surface area contributed by atoms with Crippen LogP contribution in [0.1, 0.15) is 22.3 Å². The molecular formula is C31H34ClN9O2. The smallest absolute Gasteiger partial charge is 0.322 e. The first-order chi connectivity index (χ1) is 20.6. The zero-order chi connectivity index (χ0) is 30.7. The number of urea groups is 1. The predicted molar refractivity (Wildman–Crippen MR) is 169 cm³/mol. The molecule has 222 valence electrons. The third kappa shape index (κ3) is 7.02. The summed E-state index contributed by atoms with van der Waals surface area (Å²) in [6, 6.07) is 13.1. The van der Waals surface area contributed by atoms with Crippen LogP contribution < -0.4 is 15.5 Å². The van der Waals surface area contributed by atoms with Crippen molar-refractivity contribution in [3.63, 3.8) is 0 Å². The number of benzene rings is 2. The second-order valence-corrected chi connectivity index (χ2v) is 11.1. The number of rotatable bonds is 9. The van der Waals surface area contributed by atoms with Gasteiger partial charge in [0.1, 0.15) is 0 Å². The lowest BCUT2D eigenvalue weighted by atomic mass is 10.0. The first-order valence-electron chi connectivity index (χ1n) is 13.8. The minimum Gasteiger partial charge on any atom is -0.322 e. The number of carbonyl (C=O) groups is 2. The molecule has 0 aliphatic carbocycles. The van der Waals surface area contributed by atoms with Crippen LogP contribution in [0.3, 0.4) is 0 Å². The third-order valence-corrected chi connectivity index (χ3v) is 7.16. The SMILES string of the molecule is Cc1ccc(CN2Cc3cnc(Nc4cn(C)nc4Cl)nc3N(c3cccc(NC(=O)/C=C/CN(C)C)c3)C2=O)c(C)c1. The highest BCUT2D eigenvalue weighted by molar-refractivity contribution is 6.32. The molecule has 43 heavy (non-hydrogen) atoms. The van der Waals surface area contributed by atoms with Crippen LogP contribution in [0.4, 0.5) is 33.6 Å². The molecule has 12 heteroatoms. The molecule has 0 atom stereocenters. The minimum atomic E-state index is -0.261. The molecule has 0 fully saturated rings. The Morgan fingerprint density at radius 1 is 1.16 bits per heavy atom. The average molecular weight is 600 g/mol. The topological polar surface area (TPSA) is 112 Å². The molecule has 0 spiro atoms. The van der Waals surface area contributed by atoms with E-state index in [0.717, 1.165) is 22.3 Å². The fourth-order valence-corrected chi connectivity index (χ4v) is 5.01. The maximum absolute atomic E-state index is 14.2. The van der Waals surface area contributed by atoms with Gasteiger partial charge in [-0.15, -0.1) is 0 Å². The molecule has 2 N–H and O–H groups in total. The van der Waals surface area contributed by atoms with Crippen molar-refractivity contribution < 1.29 is 9.59 Å². The summed E-state index contributed by atoms with van der Waals surface area (Å²) in [4.78, 5) is 41.3. The van der Waals surface area contributed by atoms with Gasteiger partial charge in [0.15, 0.2) is 11.0 Å². The highest BCUT2D eigenvalue weighted by Gasteiger charge is 2.34. The standard InChI is InChI=1S/C31H34ClN9O2/c1-20-11-12-22(21(2)14-20)17-40-18-23-16-33-30(35-26-19-39(5)37-28(26)32)36-29(23)41(31(40)43)25-9-6-8-24(15-25)34-27(42)10-7-13-38(3)4/h6-12,14-16,19H,13,17-18H2,1-5H3,(H,34,42)(H,33,35,36)/b10-7+. The number of carbonyl (C=O) groups excluding carboxylic acids is 2. The molecule has 3 amide bonds. The van der Waals surface area contributed by atoms with Crippen molar-refractivity contribution in [3.05, 3.63) is 94.4 Å². The monoisotopic (exact) mass is 599 g/mol. The van der Waals surface area contributed by atoms with Crippen molar-refractivity contribution in [2.45, 2.75) is 26.9 Å². The second kappa shape index (κ2) is 12.6. The lowest BCUT2D eigenvalue weighted by Crippen LogP contribution is -2.45. The number of nitrogens with zero attached hydrogens (tertiary/aromatic N) is 7. The normalized spacial score (nSPS) is 13.1. The van der Waals surface area contributed by atoms with E-state index < -0.39 is 0 Å². The molecule has 0 radical (unpaired) electrons. The van der Waals surface area contributed by atoms with E-state index in [1.165, 1.54) is 6.08 Å². The maximum Gasteiger partial charge on any atom is 0.330 e. The molecule has 4 aromatic rings. The van der Waals surface area contributed by atoms with E-state index in [4.69, 9.17) is 16.6 Å². The Labute approximate surface area is 255 Å². The van der Waals surface area contributed by atoms with Crippen molar-refractivity contribution in [3.8, 4) is 0 Å². The van der Waals surface area contributed by atoms with Gasteiger partial charge in [0, 0.05) is 49.9 Å². The summed E-state index contributed by atoms with van der Waals surface area (Å²) in [5.74, 6) is 0.446. The Balaban J connectivity index is 1.50. The van der Waals surface area contributed by atoms with E-state index >= 15 is 0 Å². The van der Waals surface area contributed by atoms with Gasteiger partial charge in [0.05, 0.1) is 17.9 Å². The lowest BCUT2D eigenvalue weighted by Gasteiger charge is -2.36. The van der Waals surface area contributed by atoms with Gasteiger partial charge >= 0.3 is 6.03 Å². The lowest BCUT2D eigenvalue weighted by molar-refractivity contribution is -0.111. The zero-order valence-corrected chi connectivity index (χ0v) is 25.6. The summed E-state index contributed by atoms with van der Waals surface area (Å²) in [7, 11) is 5.62. The van der Waals surface area contributed by atoms with Crippen LogP contribution in [0, 0.1) is 13.8 Å². The van der Waals surface area contributed by atoms with Crippen LogP contribution >= 0.6 is 11.6 Å². The summed E-state index contributed by atoms with van der Waals surface area (Å²) in [5.41, 5.74) is 5.74. The van der Waals surface area contributed by atoms with Gasteiger partial charge in [-0.2, -0.15) is 10.1 Å². The van der Waals surface area contributed by atoms with Crippen molar-refractivity contribution >= 4 is 52.4 Å². The summed E-state index contributed by atoms with van der Waals surface area (Å²) >= 11 is 6.25. The number of hydrogen-bond acceptors (Lipinski definition) is 7. The molecule has 1 aliphatic heterocycles. The quantitative estimate of drug-likeness (QED) is 0.242. The van der Waals surface area contributed by atoms with E-state index in [2.05, 4.69) is 32.8 Å². The van der Waals surface area contributed by atoms with Crippen LogP contribution in [0.25, 0.3) is 0 Å². The Morgan fingerprint density at radius 2 is 1.98 bits per heavy atom. The third-order valence-electron chi connectivity index (χ3n) is 6.88. The van der Waals surface area contributed by atoms with Crippen LogP contribution in [0.2, 0.25) is 5.15 Å². The number of aryl methyl sites for hydroxylation is 3. The molecule has 1 aliphatic rings. The molecule has 3 heterocycles. The molecule has 0 saturated heterocycles. The average Bonchev–Trinajstić information content (AvgIpc) is 3.26. The summed E-state index contributed by atoms with van der Waals surface area (Å²) < 4.78 is 1.58. The van der Waals surface area contributed by atoms with Gasteiger partial charge in [-0.25, -0.2) is 14.7 Å². The Bertz CT molecular complexity index is 1700. The highest BCUT2D eigenvalue weighted by atomic mass is 35.5. The first-order valence-corrected chi connectivity index (χ1v) is 14.1. The van der Waals surface area contributed by atoms with Gasteiger partial charge in [-0.05, 0) is 57.3 Å². The number of nitrogens with one attached hydrogen (secondary N) is 2. The Morgan fingerprint density at radius 3 is 2.70 bits per heavy atom. The number of likely N-dealkylation sites (N-methyl/N-ethyl adjacent to an activating group) is 1. The number of amides is 3. The fourth-order valence-electron chi connectivity index (χ4n) is 4.80. The van der Waals surface area contributed by atoms with Crippen molar-refractivity contribution in [1.82, 2.24) is 29.5 Å². The van der Waals surface area contributed by atoms with Crippen molar-refractivity contribution in [1.29, 1.82) is 0 Å². The van der Waals surface area contributed by atoms with Gasteiger partial charge in [0.2, 0.25) is 11.9 Å². The summed E-state index contributed by atoms with van der Waals surface area (Å²) in [6.07, 6.45) is 6.71. The largest absolute Gasteiger partial charge is 0.330 e. The first kappa shape index (κ1) is 29.7. The molecular weight excluding hydrogens is 566 g/mol. The molecule has 0 saturated carbocycles. The summed E-state index contributed by atoms with van der Waals surface area (Å²) in [5, 5.41) is 10.4.